The van der Waals surface area contributed by atoms with Gasteiger partial charge in [-0.15, -0.1) is 0 Å². The zero-order valence-corrected chi connectivity index (χ0v) is 27.3. The molecule has 0 spiro atoms. The third-order valence-corrected chi connectivity index (χ3v) is 7.55. The first kappa shape index (κ1) is 39.6. The third kappa shape index (κ3) is 12.9. The molecule has 9 nitrogen and oxygen atoms in total. The van der Waals surface area contributed by atoms with Crippen molar-refractivity contribution >= 4 is 41.6 Å². The number of carbonyl (C=O) groups excluding carboxylic acids is 2. The minimum atomic E-state index is -5.08. The molecule has 0 atom stereocenters. The molecule has 3 aromatic rings. The molecule has 2 amide bonds. The summed E-state index contributed by atoms with van der Waals surface area (Å²) >= 11 is -0.177. The lowest BCUT2D eigenvalue weighted by Crippen LogP contribution is -2.48. The number of nitrogens with one attached hydrogen (secondary N) is 1. The van der Waals surface area contributed by atoms with Gasteiger partial charge in [0.15, 0.2) is 0 Å². The SMILES string of the molecule is C=C(N(C)c1ccc(SC(F)(F)F)cc1)C(C)(C)N(C=O)Cc1ccnc(NC(=O)CN(C)Cc2ccccc2)c1.O=C(O)C(F)(F)F. The molecule has 48 heavy (non-hydrogen) atoms. The predicted octanol–water partition coefficient (Wildman–Crippen LogP) is 6.78. The van der Waals surface area contributed by atoms with Gasteiger partial charge in [0.2, 0.25) is 12.3 Å². The second kappa shape index (κ2) is 17.0. The molecule has 0 unspecified atom stereocenters. The zero-order valence-electron chi connectivity index (χ0n) is 26.5. The van der Waals surface area contributed by atoms with Crippen LogP contribution in [0.15, 0.2) is 90.1 Å². The Balaban J connectivity index is 0.00000103. The van der Waals surface area contributed by atoms with E-state index in [2.05, 4.69) is 16.9 Å². The van der Waals surface area contributed by atoms with Gasteiger partial charge in [-0.25, -0.2) is 9.78 Å². The number of hydrogen-bond acceptors (Lipinski definition) is 7. The number of anilines is 2. The summed E-state index contributed by atoms with van der Waals surface area (Å²) in [6.45, 7) is 8.86. The molecule has 0 aliphatic rings. The van der Waals surface area contributed by atoms with E-state index in [1.54, 1.807) is 47.3 Å². The van der Waals surface area contributed by atoms with Crippen LogP contribution < -0.4 is 10.2 Å². The number of likely N-dealkylation sites (N-methyl/N-ethyl adjacent to an activating group) is 2. The van der Waals surface area contributed by atoms with Gasteiger partial charge in [-0.2, -0.15) is 26.3 Å². The van der Waals surface area contributed by atoms with Gasteiger partial charge in [0, 0.05) is 42.6 Å². The Morgan fingerprint density at radius 2 is 1.52 bits per heavy atom. The molecule has 1 heterocycles. The summed E-state index contributed by atoms with van der Waals surface area (Å²) in [5.74, 6) is -2.60. The fourth-order valence-electron chi connectivity index (χ4n) is 4.19. The molecule has 0 saturated carbocycles. The number of rotatable bonds is 13. The quantitative estimate of drug-likeness (QED) is 0.114. The van der Waals surface area contributed by atoms with Crippen LogP contribution in [-0.2, 0) is 27.5 Å². The second-order valence-electron chi connectivity index (χ2n) is 10.9. The highest BCUT2D eigenvalue weighted by Crippen LogP contribution is 2.38. The number of carbonyl (C=O) groups is 3. The van der Waals surface area contributed by atoms with E-state index in [9.17, 15) is 35.9 Å². The van der Waals surface area contributed by atoms with Crippen molar-refractivity contribution in [1.82, 2.24) is 14.8 Å². The van der Waals surface area contributed by atoms with Crippen molar-refractivity contribution in [3.8, 4) is 0 Å². The number of hydrogen-bond donors (Lipinski definition) is 2. The van der Waals surface area contributed by atoms with Crippen LogP contribution in [-0.4, -0.2) is 76.0 Å². The Morgan fingerprint density at radius 1 is 0.938 bits per heavy atom. The smallest absolute Gasteiger partial charge is 0.475 e. The van der Waals surface area contributed by atoms with Crippen molar-refractivity contribution in [3.63, 3.8) is 0 Å². The number of thioether (sulfide) groups is 1. The molecule has 0 radical (unpaired) electrons. The van der Waals surface area contributed by atoms with Gasteiger partial charge in [-0.05, 0) is 80.2 Å². The first-order valence-electron chi connectivity index (χ1n) is 14.0. The summed E-state index contributed by atoms with van der Waals surface area (Å²) in [6.07, 6.45) is -2.80. The number of nitrogens with zero attached hydrogens (tertiary/aromatic N) is 4. The Labute approximate surface area is 278 Å². The molecule has 2 aromatic carbocycles. The average molecular weight is 700 g/mol. The number of pyridine rings is 1. The highest BCUT2D eigenvalue weighted by molar-refractivity contribution is 8.00. The van der Waals surface area contributed by atoms with Gasteiger partial charge in [0.1, 0.15) is 5.82 Å². The van der Waals surface area contributed by atoms with Crippen LogP contribution in [0.2, 0.25) is 0 Å². The Bertz CT molecular complexity index is 1540. The Hall–Kier alpha value is -4.57. The highest BCUT2D eigenvalue weighted by atomic mass is 32.2. The van der Waals surface area contributed by atoms with Gasteiger partial charge in [0.05, 0.1) is 12.1 Å². The summed E-state index contributed by atoms with van der Waals surface area (Å²) in [7, 11) is 3.61. The number of aliphatic carboxylic acids is 1. The number of benzene rings is 2. The van der Waals surface area contributed by atoms with Crippen LogP contribution in [0, 0.1) is 0 Å². The maximum Gasteiger partial charge on any atom is 0.490 e. The number of carboxylic acids is 1. The normalized spacial score (nSPS) is 11.6. The van der Waals surface area contributed by atoms with Crippen LogP contribution >= 0.6 is 11.8 Å². The Morgan fingerprint density at radius 3 is 2.04 bits per heavy atom. The molecule has 0 saturated heterocycles. The van der Waals surface area contributed by atoms with Crippen molar-refractivity contribution in [2.75, 3.05) is 30.9 Å². The van der Waals surface area contributed by atoms with Gasteiger partial charge < -0.3 is 20.2 Å². The molecular weight excluding hydrogens is 664 g/mol. The number of aromatic nitrogens is 1. The average Bonchev–Trinajstić information content (AvgIpc) is 2.99. The molecule has 16 heteroatoms. The predicted molar refractivity (Wildman–Crippen MR) is 171 cm³/mol. The largest absolute Gasteiger partial charge is 0.490 e. The van der Waals surface area contributed by atoms with Crippen LogP contribution in [0.1, 0.15) is 25.0 Å². The number of carboxylic acid groups (broad SMARTS) is 1. The van der Waals surface area contributed by atoms with Gasteiger partial charge in [-0.3, -0.25) is 14.5 Å². The van der Waals surface area contributed by atoms with E-state index in [0.29, 0.717) is 23.7 Å². The van der Waals surface area contributed by atoms with E-state index in [1.807, 2.05) is 56.1 Å². The highest BCUT2D eigenvalue weighted by Gasteiger charge is 2.38. The van der Waals surface area contributed by atoms with E-state index in [-0.39, 0.29) is 35.7 Å². The molecule has 0 bridgehead atoms. The minimum Gasteiger partial charge on any atom is -0.475 e. The van der Waals surface area contributed by atoms with Gasteiger partial charge in [0.25, 0.3) is 0 Å². The Kier molecular flexibility index (Phi) is 14.0. The zero-order chi connectivity index (χ0) is 36.3. The van der Waals surface area contributed by atoms with Crippen LogP contribution in [0.4, 0.5) is 37.8 Å². The van der Waals surface area contributed by atoms with Crippen molar-refractivity contribution in [1.29, 1.82) is 0 Å². The second-order valence-corrected chi connectivity index (χ2v) is 12.0. The summed E-state index contributed by atoms with van der Waals surface area (Å²) in [6, 6.07) is 19.3. The maximum atomic E-state index is 12.7. The lowest BCUT2D eigenvalue weighted by molar-refractivity contribution is -0.192. The summed E-state index contributed by atoms with van der Waals surface area (Å²) in [5.41, 5.74) is -2.18. The molecule has 1 aromatic heterocycles. The van der Waals surface area contributed by atoms with Crippen molar-refractivity contribution in [2.24, 2.45) is 0 Å². The van der Waals surface area contributed by atoms with Crippen LogP contribution in [0.5, 0.6) is 0 Å². The van der Waals surface area contributed by atoms with Crippen molar-refractivity contribution in [3.05, 3.63) is 96.3 Å². The van der Waals surface area contributed by atoms with Crippen LogP contribution in [0.3, 0.4) is 0 Å². The van der Waals surface area contributed by atoms with E-state index >= 15 is 0 Å². The number of amides is 2. The first-order chi connectivity index (χ1) is 22.2. The molecule has 0 aliphatic heterocycles. The monoisotopic (exact) mass is 699 g/mol. The summed E-state index contributed by atoms with van der Waals surface area (Å²) < 4.78 is 69.8. The fourth-order valence-corrected chi connectivity index (χ4v) is 4.73. The van der Waals surface area contributed by atoms with E-state index in [1.165, 1.54) is 12.1 Å². The summed E-state index contributed by atoms with van der Waals surface area (Å²) in [4.78, 5) is 43.2. The third-order valence-electron chi connectivity index (χ3n) is 6.81. The molecule has 260 valence electrons. The topological polar surface area (TPSA) is 106 Å². The molecule has 3 rings (SSSR count). The fraction of sp³-hybridized carbons (Fsp3) is 0.312. The van der Waals surface area contributed by atoms with Gasteiger partial charge in [-0.1, -0.05) is 36.9 Å². The first-order valence-corrected chi connectivity index (χ1v) is 14.8. The molecule has 0 aliphatic carbocycles. The van der Waals surface area contributed by atoms with Crippen molar-refractivity contribution < 1.29 is 45.8 Å². The summed E-state index contributed by atoms with van der Waals surface area (Å²) in [5, 5.41) is 9.94. The van der Waals surface area contributed by atoms with Crippen molar-refractivity contribution in [2.45, 2.75) is 49.1 Å². The van der Waals surface area contributed by atoms with E-state index in [0.717, 1.165) is 17.5 Å². The van der Waals surface area contributed by atoms with E-state index in [4.69, 9.17) is 9.90 Å². The lowest BCUT2D eigenvalue weighted by Gasteiger charge is -2.41. The van der Waals surface area contributed by atoms with E-state index < -0.39 is 23.2 Å². The lowest BCUT2D eigenvalue weighted by atomic mass is 9.97. The number of alkyl halides is 6. The molecular formula is C32H35F6N5O4S. The van der Waals surface area contributed by atoms with Crippen LogP contribution in [0.25, 0.3) is 0 Å². The minimum absolute atomic E-state index is 0.0810. The standard InChI is InChI=1S/C30H34F3N5O2S.C2HF3O2/c1-22(37(5)25-11-13-26(14-12-25)41-30(31,32)33)29(2,3)38(21-39)19-24-15-16-34-27(17-24)35-28(40)20-36(4)18-23-9-7-6-8-10-23;3-2(4,5)1(6)7/h6-17,21H,1,18-20H2,2-5H3,(H,34,35,40);(H,6,7). The number of halogens is 6. The maximum absolute atomic E-state index is 12.7. The van der Waals surface area contributed by atoms with Gasteiger partial charge >= 0.3 is 17.7 Å². The molecule has 0 fully saturated rings. The molecule has 2 N–H and O–H groups in total.